The van der Waals surface area contributed by atoms with E-state index in [-0.39, 0.29) is 17.5 Å². The average Bonchev–Trinajstić information content (AvgIpc) is 2.34. The zero-order chi connectivity index (χ0) is 14.6. The minimum absolute atomic E-state index is 0.0363. The Morgan fingerprint density at radius 3 is 2.47 bits per heavy atom. The molecule has 1 aromatic carbocycles. The topological polar surface area (TPSA) is 61.8 Å². The van der Waals surface area contributed by atoms with Crippen molar-refractivity contribution in [1.29, 1.82) is 5.26 Å². The quantitative estimate of drug-likeness (QED) is 0.885. The third-order valence-corrected chi connectivity index (χ3v) is 2.85. The fourth-order valence-corrected chi connectivity index (χ4v) is 1.43. The smallest absolute Gasteiger partial charge is 0.382 e. The third-order valence-electron chi connectivity index (χ3n) is 2.85. The van der Waals surface area contributed by atoms with Crippen LogP contribution in [0.2, 0.25) is 0 Å². The standard InChI is InChI=1S/C13H16F3N3/c1-8(2)11(18)7-19-12-4-3-10(13(14,15)16)5-9(12)6-17/h3-5,8,11,19H,7,18H2,1-2H3. The van der Waals surface area contributed by atoms with E-state index in [4.69, 9.17) is 11.0 Å². The van der Waals surface area contributed by atoms with E-state index in [2.05, 4.69) is 5.32 Å². The lowest BCUT2D eigenvalue weighted by atomic mass is 10.0. The SMILES string of the molecule is CC(C)C(N)CNc1ccc(C(F)(F)F)cc1C#N. The Hall–Kier alpha value is -1.74. The minimum atomic E-state index is -4.45. The van der Waals surface area contributed by atoms with Crippen LogP contribution in [0.25, 0.3) is 0 Å². The molecule has 0 fully saturated rings. The molecule has 0 aromatic heterocycles. The van der Waals surface area contributed by atoms with Crippen LogP contribution in [-0.4, -0.2) is 12.6 Å². The number of alkyl halides is 3. The summed E-state index contributed by atoms with van der Waals surface area (Å²) in [4.78, 5) is 0. The molecule has 0 bridgehead atoms. The number of nitrogens with one attached hydrogen (secondary N) is 1. The predicted octanol–water partition coefficient (Wildman–Crippen LogP) is 2.97. The van der Waals surface area contributed by atoms with Gasteiger partial charge in [-0.2, -0.15) is 18.4 Å². The van der Waals surface area contributed by atoms with Crippen molar-refractivity contribution < 1.29 is 13.2 Å². The Balaban J connectivity index is 2.89. The van der Waals surface area contributed by atoms with Gasteiger partial charge in [0, 0.05) is 12.6 Å². The molecule has 1 unspecified atom stereocenters. The molecule has 1 atom stereocenters. The summed E-state index contributed by atoms with van der Waals surface area (Å²) in [6.45, 7) is 4.30. The van der Waals surface area contributed by atoms with Gasteiger partial charge in [-0.3, -0.25) is 0 Å². The van der Waals surface area contributed by atoms with E-state index in [1.54, 1.807) is 6.07 Å². The lowest BCUT2D eigenvalue weighted by Gasteiger charge is -2.18. The highest BCUT2D eigenvalue weighted by atomic mass is 19.4. The van der Waals surface area contributed by atoms with Crippen molar-refractivity contribution in [2.24, 2.45) is 11.7 Å². The Kier molecular flexibility index (Phi) is 4.78. The largest absolute Gasteiger partial charge is 0.416 e. The van der Waals surface area contributed by atoms with Crippen molar-refractivity contribution in [3.63, 3.8) is 0 Å². The summed E-state index contributed by atoms with van der Waals surface area (Å²) in [7, 11) is 0. The van der Waals surface area contributed by atoms with Crippen molar-refractivity contribution in [1.82, 2.24) is 0 Å². The van der Waals surface area contributed by atoms with Gasteiger partial charge >= 0.3 is 6.18 Å². The highest BCUT2D eigenvalue weighted by molar-refractivity contribution is 5.59. The second-order valence-electron chi connectivity index (χ2n) is 4.66. The summed E-state index contributed by atoms with van der Waals surface area (Å²) < 4.78 is 37.5. The molecule has 1 aromatic rings. The maximum Gasteiger partial charge on any atom is 0.416 e. The Morgan fingerprint density at radius 2 is 2.00 bits per heavy atom. The van der Waals surface area contributed by atoms with Crippen molar-refractivity contribution in [2.45, 2.75) is 26.1 Å². The second-order valence-corrected chi connectivity index (χ2v) is 4.66. The van der Waals surface area contributed by atoms with Gasteiger partial charge in [0.05, 0.1) is 16.8 Å². The highest BCUT2D eigenvalue weighted by Gasteiger charge is 2.31. The summed E-state index contributed by atoms with van der Waals surface area (Å²) in [6.07, 6.45) is -4.45. The maximum atomic E-state index is 12.5. The van der Waals surface area contributed by atoms with Gasteiger partial charge in [0.2, 0.25) is 0 Å². The second kappa shape index (κ2) is 5.93. The number of nitriles is 1. The van der Waals surface area contributed by atoms with Crippen LogP contribution in [0.1, 0.15) is 25.0 Å². The molecule has 0 saturated carbocycles. The molecule has 3 nitrogen and oxygen atoms in total. The fraction of sp³-hybridized carbons (Fsp3) is 0.462. The number of anilines is 1. The van der Waals surface area contributed by atoms with Crippen LogP contribution in [0.5, 0.6) is 0 Å². The number of halogens is 3. The Bertz CT molecular complexity index is 475. The molecule has 19 heavy (non-hydrogen) atoms. The van der Waals surface area contributed by atoms with E-state index in [9.17, 15) is 13.2 Å². The first-order chi connectivity index (χ1) is 8.75. The van der Waals surface area contributed by atoms with Crippen LogP contribution in [0.15, 0.2) is 18.2 Å². The molecule has 0 aliphatic carbocycles. The number of nitrogens with two attached hydrogens (primary N) is 1. The van der Waals surface area contributed by atoms with Gasteiger partial charge in [-0.15, -0.1) is 0 Å². The molecule has 0 radical (unpaired) electrons. The van der Waals surface area contributed by atoms with Gasteiger partial charge in [-0.1, -0.05) is 13.8 Å². The molecular weight excluding hydrogens is 255 g/mol. The normalized spacial score (nSPS) is 13.2. The van der Waals surface area contributed by atoms with E-state index < -0.39 is 11.7 Å². The summed E-state index contributed by atoms with van der Waals surface area (Å²) in [5, 5.41) is 11.8. The first-order valence-electron chi connectivity index (χ1n) is 5.86. The monoisotopic (exact) mass is 271 g/mol. The third kappa shape index (κ3) is 4.14. The van der Waals surface area contributed by atoms with Crippen LogP contribution >= 0.6 is 0 Å². The molecule has 0 aliphatic rings. The van der Waals surface area contributed by atoms with Crippen LogP contribution in [0.4, 0.5) is 18.9 Å². The highest BCUT2D eigenvalue weighted by Crippen LogP contribution is 2.31. The molecule has 0 amide bonds. The van der Waals surface area contributed by atoms with Crippen molar-refractivity contribution in [3.05, 3.63) is 29.3 Å². The molecule has 0 saturated heterocycles. The van der Waals surface area contributed by atoms with Crippen LogP contribution in [0, 0.1) is 17.2 Å². The molecule has 0 aliphatic heterocycles. The lowest BCUT2D eigenvalue weighted by molar-refractivity contribution is -0.137. The summed E-state index contributed by atoms with van der Waals surface area (Å²) in [5.41, 5.74) is 5.33. The Labute approximate surface area is 110 Å². The first kappa shape index (κ1) is 15.3. The Morgan fingerprint density at radius 1 is 1.37 bits per heavy atom. The van der Waals surface area contributed by atoms with Crippen molar-refractivity contribution in [3.8, 4) is 6.07 Å². The number of hydrogen-bond acceptors (Lipinski definition) is 3. The molecule has 0 spiro atoms. The van der Waals surface area contributed by atoms with Gasteiger partial charge in [-0.25, -0.2) is 0 Å². The zero-order valence-corrected chi connectivity index (χ0v) is 10.8. The van der Waals surface area contributed by atoms with Crippen LogP contribution in [-0.2, 0) is 6.18 Å². The first-order valence-corrected chi connectivity index (χ1v) is 5.86. The van der Waals surface area contributed by atoms with Crippen molar-refractivity contribution in [2.75, 3.05) is 11.9 Å². The van der Waals surface area contributed by atoms with Gasteiger partial charge in [0.25, 0.3) is 0 Å². The summed E-state index contributed by atoms with van der Waals surface area (Å²) >= 11 is 0. The van der Waals surface area contributed by atoms with Crippen molar-refractivity contribution >= 4 is 5.69 Å². The summed E-state index contributed by atoms with van der Waals surface area (Å²) in [5.74, 6) is 0.243. The number of rotatable bonds is 4. The molecule has 6 heteroatoms. The number of nitrogens with zero attached hydrogens (tertiary/aromatic N) is 1. The number of hydrogen-bond donors (Lipinski definition) is 2. The molecule has 1 rings (SSSR count). The van der Waals surface area contributed by atoms with Gasteiger partial charge in [0.15, 0.2) is 0 Å². The molecule has 0 heterocycles. The zero-order valence-electron chi connectivity index (χ0n) is 10.8. The number of benzene rings is 1. The van der Waals surface area contributed by atoms with E-state index in [1.807, 2.05) is 13.8 Å². The lowest BCUT2D eigenvalue weighted by Crippen LogP contribution is -2.34. The van der Waals surface area contributed by atoms with Crippen LogP contribution < -0.4 is 11.1 Å². The van der Waals surface area contributed by atoms with E-state index in [0.29, 0.717) is 12.2 Å². The predicted molar refractivity (Wildman–Crippen MR) is 67.5 cm³/mol. The maximum absolute atomic E-state index is 12.5. The van der Waals surface area contributed by atoms with E-state index in [0.717, 1.165) is 12.1 Å². The van der Waals surface area contributed by atoms with Gasteiger partial charge in [-0.05, 0) is 24.1 Å². The minimum Gasteiger partial charge on any atom is -0.382 e. The summed E-state index contributed by atoms with van der Waals surface area (Å²) in [6, 6.07) is 4.67. The average molecular weight is 271 g/mol. The molecule has 3 N–H and O–H groups in total. The van der Waals surface area contributed by atoms with Gasteiger partial charge in [0.1, 0.15) is 6.07 Å². The van der Waals surface area contributed by atoms with E-state index >= 15 is 0 Å². The fourth-order valence-electron chi connectivity index (χ4n) is 1.43. The van der Waals surface area contributed by atoms with Gasteiger partial charge < -0.3 is 11.1 Å². The molecule has 104 valence electrons. The van der Waals surface area contributed by atoms with Crippen LogP contribution in [0.3, 0.4) is 0 Å². The van der Waals surface area contributed by atoms with E-state index in [1.165, 1.54) is 6.07 Å². The molecular formula is C13H16F3N3.